The van der Waals surface area contributed by atoms with Gasteiger partial charge in [-0.3, -0.25) is 24.2 Å². The topological polar surface area (TPSA) is 66.9 Å². The summed E-state index contributed by atoms with van der Waals surface area (Å²) in [6.07, 6.45) is 0. The lowest BCUT2D eigenvalue weighted by atomic mass is 10.0. The Morgan fingerprint density at radius 1 is 0.722 bits per heavy atom. The van der Waals surface area contributed by atoms with E-state index < -0.39 is 11.8 Å². The number of imide groups is 1. The molecule has 0 unspecified atom stereocenters. The summed E-state index contributed by atoms with van der Waals surface area (Å²) in [7, 11) is 0. The van der Waals surface area contributed by atoms with E-state index in [0.29, 0.717) is 34.7 Å². The molecule has 0 N–H and O–H groups in total. The average Bonchev–Trinajstić information content (AvgIpc) is 3.17. The summed E-state index contributed by atoms with van der Waals surface area (Å²) in [5.41, 5.74) is 3.60. The SMILES string of the molecule is CCOc1ccccc1N(CN1C(=O)c2ccccc2C1=O)C(=O)c1ccc(-c2ccccc2)cc1. The molecule has 1 aliphatic heterocycles. The second kappa shape index (κ2) is 9.88. The number of amides is 3. The van der Waals surface area contributed by atoms with E-state index in [1.807, 2.05) is 55.5 Å². The summed E-state index contributed by atoms with van der Waals surface area (Å²) in [6.45, 7) is 2.02. The van der Waals surface area contributed by atoms with Crippen molar-refractivity contribution in [2.45, 2.75) is 6.92 Å². The third-order valence-corrected chi connectivity index (χ3v) is 6.10. The number of nitrogens with zero attached hydrogens (tertiary/aromatic N) is 2. The van der Waals surface area contributed by atoms with Crippen molar-refractivity contribution in [3.8, 4) is 16.9 Å². The van der Waals surface area contributed by atoms with Crippen LogP contribution in [-0.2, 0) is 0 Å². The maximum atomic E-state index is 13.8. The van der Waals surface area contributed by atoms with Crippen molar-refractivity contribution in [1.82, 2.24) is 4.90 Å². The molecule has 6 nitrogen and oxygen atoms in total. The second-order valence-corrected chi connectivity index (χ2v) is 8.30. The number of carbonyl (C=O) groups is 3. The Labute approximate surface area is 209 Å². The van der Waals surface area contributed by atoms with Gasteiger partial charge >= 0.3 is 0 Å². The Bertz CT molecular complexity index is 1400. The number of hydrogen-bond donors (Lipinski definition) is 0. The first-order valence-electron chi connectivity index (χ1n) is 11.7. The predicted octanol–water partition coefficient (Wildman–Crippen LogP) is 5.65. The van der Waals surface area contributed by atoms with Crippen molar-refractivity contribution in [3.05, 3.63) is 120 Å². The highest BCUT2D eigenvalue weighted by atomic mass is 16.5. The van der Waals surface area contributed by atoms with Gasteiger partial charge in [0.25, 0.3) is 17.7 Å². The Balaban J connectivity index is 1.51. The van der Waals surface area contributed by atoms with Gasteiger partial charge in [-0.2, -0.15) is 0 Å². The van der Waals surface area contributed by atoms with Gasteiger partial charge in [-0.1, -0.05) is 66.7 Å². The van der Waals surface area contributed by atoms with Crippen LogP contribution < -0.4 is 9.64 Å². The third-order valence-electron chi connectivity index (χ3n) is 6.10. The third kappa shape index (κ3) is 4.25. The molecule has 178 valence electrons. The lowest BCUT2D eigenvalue weighted by Gasteiger charge is -2.28. The molecule has 0 radical (unpaired) electrons. The zero-order chi connectivity index (χ0) is 25.1. The van der Waals surface area contributed by atoms with E-state index in [4.69, 9.17) is 4.74 Å². The van der Waals surface area contributed by atoms with Crippen molar-refractivity contribution in [2.24, 2.45) is 0 Å². The van der Waals surface area contributed by atoms with E-state index in [1.165, 1.54) is 4.90 Å². The smallest absolute Gasteiger partial charge is 0.263 e. The molecular formula is C30H24N2O4. The number of ether oxygens (including phenoxy) is 1. The van der Waals surface area contributed by atoms with Gasteiger partial charge in [0.2, 0.25) is 0 Å². The molecule has 4 aromatic rings. The monoisotopic (exact) mass is 476 g/mol. The molecule has 1 aliphatic rings. The average molecular weight is 477 g/mol. The number of carbonyl (C=O) groups excluding carboxylic acids is 3. The molecule has 0 atom stereocenters. The van der Waals surface area contributed by atoms with Gasteiger partial charge in [0.05, 0.1) is 23.4 Å². The molecule has 0 saturated carbocycles. The minimum absolute atomic E-state index is 0.240. The number of hydrogen-bond acceptors (Lipinski definition) is 4. The summed E-state index contributed by atoms with van der Waals surface area (Å²) < 4.78 is 5.78. The van der Waals surface area contributed by atoms with Gasteiger partial charge in [-0.05, 0) is 54.4 Å². The lowest BCUT2D eigenvalue weighted by Crippen LogP contribution is -2.44. The molecule has 6 heteroatoms. The van der Waals surface area contributed by atoms with Crippen LogP contribution >= 0.6 is 0 Å². The van der Waals surface area contributed by atoms with Crippen molar-refractivity contribution in [2.75, 3.05) is 18.2 Å². The van der Waals surface area contributed by atoms with Gasteiger partial charge in [0.1, 0.15) is 12.4 Å². The molecule has 0 aliphatic carbocycles. The highest BCUT2D eigenvalue weighted by molar-refractivity contribution is 6.22. The molecule has 0 fully saturated rings. The van der Waals surface area contributed by atoms with Crippen LogP contribution in [0.5, 0.6) is 5.75 Å². The van der Waals surface area contributed by atoms with Crippen molar-refractivity contribution in [3.63, 3.8) is 0 Å². The van der Waals surface area contributed by atoms with Crippen LogP contribution in [0.25, 0.3) is 11.1 Å². The molecule has 3 amide bonds. The number of benzene rings is 4. The van der Waals surface area contributed by atoms with Crippen LogP contribution in [0.4, 0.5) is 5.69 Å². The summed E-state index contributed by atoms with van der Waals surface area (Å²) >= 11 is 0. The van der Waals surface area contributed by atoms with Crippen LogP contribution in [-0.4, -0.2) is 35.9 Å². The van der Waals surface area contributed by atoms with Crippen molar-refractivity contribution in [1.29, 1.82) is 0 Å². The summed E-state index contributed by atoms with van der Waals surface area (Å²) in [5.74, 6) is -0.715. The Hall–Kier alpha value is -4.71. The largest absolute Gasteiger partial charge is 0.492 e. The second-order valence-electron chi connectivity index (χ2n) is 8.30. The quantitative estimate of drug-likeness (QED) is 0.323. The number of fused-ring (bicyclic) bond motifs is 1. The molecule has 0 spiro atoms. The number of rotatable bonds is 7. The van der Waals surface area contributed by atoms with E-state index in [0.717, 1.165) is 16.0 Å². The van der Waals surface area contributed by atoms with Crippen LogP contribution in [0.1, 0.15) is 38.0 Å². The highest BCUT2D eigenvalue weighted by Gasteiger charge is 2.37. The van der Waals surface area contributed by atoms with Crippen LogP contribution in [0, 0.1) is 0 Å². The van der Waals surface area contributed by atoms with Gasteiger partial charge in [0.15, 0.2) is 0 Å². The molecule has 1 heterocycles. The summed E-state index contributed by atoms with van der Waals surface area (Å²) in [6, 6.07) is 31.0. The summed E-state index contributed by atoms with van der Waals surface area (Å²) in [4.78, 5) is 42.5. The van der Waals surface area contributed by atoms with Gasteiger partial charge in [0, 0.05) is 5.56 Å². The van der Waals surface area contributed by atoms with Crippen molar-refractivity contribution < 1.29 is 19.1 Å². The fourth-order valence-corrected chi connectivity index (χ4v) is 4.31. The zero-order valence-corrected chi connectivity index (χ0v) is 19.8. The zero-order valence-electron chi connectivity index (χ0n) is 19.8. The number of para-hydroxylation sites is 2. The first-order chi connectivity index (χ1) is 17.6. The highest BCUT2D eigenvalue weighted by Crippen LogP contribution is 2.32. The minimum atomic E-state index is -0.429. The van der Waals surface area contributed by atoms with E-state index >= 15 is 0 Å². The molecule has 36 heavy (non-hydrogen) atoms. The van der Waals surface area contributed by atoms with Gasteiger partial charge in [-0.25, -0.2) is 0 Å². The maximum Gasteiger partial charge on any atom is 0.263 e. The fourth-order valence-electron chi connectivity index (χ4n) is 4.31. The molecule has 0 aromatic heterocycles. The number of anilines is 1. The Morgan fingerprint density at radius 3 is 1.92 bits per heavy atom. The molecule has 5 rings (SSSR count). The standard InChI is InChI=1S/C30H24N2O4/c1-2-36-27-15-9-8-14-26(27)31(20-32-29(34)24-12-6-7-13-25(24)30(32)35)28(33)23-18-16-22(17-19-23)21-10-4-3-5-11-21/h3-19H,2,20H2,1H3. The Morgan fingerprint density at radius 2 is 1.28 bits per heavy atom. The van der Waals surface area contributed by atoms with Crippen LogP contribution in [0.15, 0.2) is 103 Å². The van der Waals surface area contributed by atoms with E-state index in [-0.39, 0.29) is 12.6 Å². The molecule has 0 saturated heterocycles. The first kappa shape index (κ1) is 23.1. The fraction of sp³-hybridized carbons (Fsp3) is 0.100. The van der Waals surface area contributed by atoms with Gasteiger partial charge < -0.3 is 4.74 Å². The Kier molecular flexibility index (Phi) is 6.33. The first-order valence-corrected chi connectivity index (χ1v) is 11.7. The van der Waals surface area contributed by atoms with E-state index in [2.05, 4.69) is 0 Å². The summed E-state index contributed by atoms with van der Waals surface area (Å²) in [5, 5.41) is 0. The van der Waals surface area contributed by atoms with Crippen LogP contribution in [0.3, 0.4) is 0 Å². The van der Waals surface area contributed by atoms with E-state index in [9.17, 15) is 14.4 Å². The molecular weight excluding hydrogens is 452 g/mol. The predicted molar refractivity (Wildman–Crippen MR) is 138 cm³/mol. The van der Waals surface area contributed by atoms with Crippen molar-refractivity contribution >= 4 is 23.4 Å². The normalized spacial score (nSPS) is 12.4. The molecule has 4 aromatic carbocycles. The maximum absolute atomic E-state index is 13.8. The minimum Gasteiger partial charge on any atom is -0.492 e. The lowest BCUT2D eigenvalue weighted by molar-refractivity contribution is 0.0650. The van der Waals surface area contributed by atoms with Gasteiger partial charge in [-0.15, -0.1) is 0 Å². The van der Waals surface area contributed by atoms with Crippen LogP contribution in [0.2, 0.25) is 0 Å². The van der Waals surface area contributed by atoms with E-state index in [1.54, 1.807) is 54.6 Å². The molecule has 0 bridgehead atoms.